The van der Waals surface area contributed by atoms with Gasteiger partial charge in [0.2, 0.25) is 0 Å². The van der Waals surface area contributed by atoms with E-state index in [4.69, 9.17) is 5.11 Å². The van der Waals surface area contributed by atoms with E-state index in [9.17, 15) is 4.79 Å². The molecule has 0 aliphatic carbocycles. The van der Waals surface area contributed by atoms with Crippen molar-refractivity contribution in [2.24, 2.45) is 0 Å². The Morgan fingerprint density at radius 2 is 1.67 bits per heavy atom. The Bertz CT molecular complexity index is 217. The third kappa shape index (κ3) is 6.32. The minimum absolute atomic E-state index is 0.563. The van der Waals surface area contributed by atoms with Gasteiger partial charge in [0.1, 0.15) is 0 Å². The van der Waals surface area contributed by atoms with Crippen LogP contribution in [0.15, 0.2) is 11.1 Å². The first-order valence-electron chi connectivity index (χ1n) is 6.05. The molecule has 0 aromatic rings. The molecule has 2 heteroatoms. The van der Waals surface area contributed by atoms with Crippen LogP contribution in [0.3, 0.4) is 0 Å². The van der Waals surface area contributed by atoms with Gasteiger partial charge in [0.15, 0.2) is 0 Å². The lowest BCUT2D eigenvalue weighted by Crippen LogP contribution is -2.01. The van der Waals surface area contributed by atoms with E-state index >= 15 is 0 Å². The molecule has 0 saturated carbocycles. The number of hydrogen-bond acceptors (Lipinski definition) is 1. The zero-order chi connectivity index (χ0) is 11.7. The van der Waals surface area contributed by atoms with E-state index < -0.39 is 5.97 Å². The molecule has 15 heavy (non-hydrogen) atoms. The maximum Gasteiger partial charge on any atom is 0.331 e. The van der Waals surface area contributed by atoms with Crippen LogP contribution in [0.1, 0.15) is 65.7 Å². The standard InChI is InChI=1S/C13H24O2/c1-4-6-7-8-10-12(9-5-2)11(3)13(14)15/h4-10H2,1-3H3,(H,14,15). The van der Waals surface area contributed by atoms with Crippen LogP contribution in [-0.2, 0) is 4.79 Å². The topological polar surface area (TPSA) is 37.3 Å². The summed E-state index contributed by atoms with van der Waals surface area (Å²) in [7, 11) is 0. The van der Waals surface area contributed by atoms with Gasteiger partial charge in [0, 0.05) is 5.57 Å². The molecule has 0 radical (unpaired) electrons. The van der Waals surface area contributed by atoms with Crippen molar-refractivity contribution in [3.63, 3.8) is 0 Å². The maximum absolute atomic E-state index is 10.8. The normalized spacial score (nSPS) is 12.5. The molecule has 0 fully saturated rings. The third-order valence-corrected chi connectivity index (χ3v) is 2.74. The van der Waals surface area contributed by atoms with Crippen molar-refractivity contribution >= 4 is 5.97 Å². The summed E-state index contributed by atoms with van der Waals surface area (Å²) in [5, 5.41) is 8.92. The highest BCUT2D eigenvalue weighted by atomic mass is 16.4. The van der Waals surface area contributed by atoms with Gasteiger partial charge >= 0.3 is 5.97 Å². The maximum atomic E-state index is 10.8. The first-order valence-corrected chi connectivity index (χ1v) is 6.05. The number of hydrogen-bond donors (Lipinski definition) is 1. The van der Waals surface area contributed by atoms with Crippen molar-refractivity contribution in [2.75, 3.05) is 0 Å². The Labute approximate surface area is 93.4 Å². The van der Waals surface area contributed by atoms with E-state index in [0.717, 1.165) is 31.3 Å². The number of carboxylic acids is 1. The van der Waals surface area contributed by atoms with Crippen LogP contribution in [0.25, 0.3) is 0 Å². The van der Waals surface area contributed by atoms with E-state index in [-0.39, 0.29) is 0 Å². The summed E-state index contributed by atoms with van der Waals surface area (Å²) in [6, 6.07) is 0. The van der Waals surface area contributed by atoms with Crippen LogP contribution in [0, 0.1) is 0 Å². The Morgan fingerprint density at radius 3 is 2.13 bits per heavy atom. The minimum atomic E-state index is -0.756. The van der Waals surface area contributed by atoms with Gasteiger partial charge in [-0.3, -0.25) is 0 Å². The fourth-order valence-electron chi connectivity index (χ4n) is 1.72. The van der Waals surface area contributed by atoms with Crippen molar-refractivity contribution in [1.29, 1.82) is 0 Å². The molecule has 0 saturated heterocycles. The lowest BCUT2D eigenvalue weighted by molar-refractivity contribution is -0.132. The molecule has 0 unspecified atom stereocenters. The second kappa shape index (κ2) is 8.51. The summed E-state index contributed by atoms with van der Waals surface area (Å²) < 4.78 is 0. The van der Waals surface area contributed by atoms with Gasteiger partial charge in [-0.2, -0.15) is 0 Å². The van der Waals surface area contributed by atoms with E-state index in [0.29, 0.717) is 5.57 Å². The Hall–Kier alpha value is -0.790. The minimum Gasteiger partial charge on any atom is -0.478 e. The van der Waals surface area contributed by atoms with E-state index in [2.05, 4.69) is 13.8 Å². The average Bonchev–Trinajstić information content (AvgIpc) is 2.21. The predicted molar refractivity (Wildman–Crippen MR) is 64.0 cm³/mol. The van der Waals surface area contributed by atoms with E-state index in [1.807, 2.05) is 0 Å². The summed E-state index contributed by atoms with van der Waals surface area (Å²) in [6.45, 7) is 6.01. The van der Waals surface area contributed by atoms with Gasteiger partial charge in [-0.25, -0.2) is 4.79 Å². The molecule has 0 aromatic carbocycles. The number of carboxylic acid groups (broad SMARTS) is 1. The third-order valence-electron chi connectivity index (χ3n) is 2.74. The molecule has 0 heterocycles. The summed E-state index contributed by atoms with van der Waals surface area (Å²) in [6.07, 6.45) is 7.77. The predicted octanol–water partition coefficient (Wildman–Crippen LogP) is 4.16. The van der Waals surface area contributed by atoms with Gasteiger partial charge in [-0.15, -0.1) is 0 Å². The molecule has 0 spiro atoms. The van der Waals surface area contributed by atoms with Crippen LogP contribution in [0.2, 0.25) is 0 Å². The average molecular weight is 212 g/mol. The van der Waals surface area contributed by atoms with Crippen molar-refractivity contribution in [1.82, 2.24) is 0 Å². The Morgan fingerprint density at radius 1 is 1.00 bits per heavy atom. The molecular formula is C13H24O2. The monoisotopic (exact) mass is 212 g/mol. The summed E-state index contributed by atoms with van der Waals surface area (Å²) in [4.78, 5) is 10.8. The second-order valence-electron chi connectivity index (χ2n) is 4.09. The molecule has 0 atom stereocenters. The van der Waals surface area contributed by atoms with E-state index in [1.54, 1.807) is 6.92 Å². The molecular weight excluding hydrogens is 188 g/mol. The zero-order valence-corrected chi connectivity index (χ0v) is 10.3. The highest BCUT2D eigenvalue weighted by molar-refractivity contribution is 5.86. The largest absolute Gasteiger partial charge is 0.478 e. The van der Waals surface area contributed by atoms with Crippen molar-refractivity contribution < 1.29 is 9.90 Å². The van der Waals surface area contributed by atoms with Crippen LogP contribution >= 0.6 is 0 Å². The van der Waals surface area contributed by atoms with Crippen molar-refractivity contribution in [2.45, 2.75) is 65.7 Å². The zero-order valence-electron chi connectivity index (χ0n) is 10.3. The molecule has 2 nitrogen and oxygen atoms in total. The number of rotatable bonds is 8. The first kappa shape index (κ1) is 14.2. The number of allylic oxidation sites excluding steroid dienone is 1. The first-order chi connectivity index (χ1) is 7.13. The summed E-state index contributed by atoms with van der Waals surface area (Å²) >= 11 is 0. The smallest absolute Gasteiger partial charge is 0.331 e. The molecule has 0 rings (SSSR count). The van der Waals surface area contributed by atoms with Crippen molar-refractivity contribution in [3.05, 3.63) is 11.1 Å². The van der Waals surface area contributed by atoms with Gasteiger partial charge in [0.05, 0.1) is 0 Å². The molecule has 1 N–H and O–H groups in total. The SMILES string of the molecule is CCCCCCC(CCC)=C(C)C(=O)O. The fourth-order valence-corrected chi connectivity index (χ4v) is 1.72. The van der Waals surface area contributed by atoms with Gasteiger partial charge in [-0.05, 0) is 26.2 Å². The Kier molecular flexibility index (Phi) is 8.06. The molecule has 88 valence electrons. The van der Waals surface area contributed by atoms with Crippen molar-refractivity contribution in [3.8, 4) is 0 Å². The molecule has 0 aromatic heterocycles. The second-order valence-corrected chi connectivity index (χ2v) is 4.09. The highest BCUT2D eigenvalue weighted by Crippen LogP contribution is 2.19. The van der Waals surface area contributed by atoms with Gasteiger partial charge in [0.25, 0.3) is 0 Å². The van der Waals surface area contributed by atoms with Crippen LogP contribution < -0.4 is 0 Å². The summed E-state index contributed by atoms with van der Waals surface area (Å²) in [5.41, 5.74) is 1.70. The van der Waals surface area contributed by atoms with Gasteiger partial charge in [-0.1, -0.05) is 45.1 Å². The molecule has 0 aliphatic heterocycles. The van der Waals surface area contributed by atoms with Gasteiger partial charge < -0.3 is 5.11 Å². The molecule has 0 aliphatic rings. The lowest BCUT2D eigenvalue weighted by Gasteiger charge is -2.08. The van der Waals surface area contributed by atoms with E-state index in [1.165, 1.54) is 19.3 Å². The lowest BCUT2D eigenvalue weighted by atomic mass is 9.98. The quantitative estimate of drug-likeness (QED) is 0.484. The Balaban J connectivity index is 4.15. The van der Waals surface area contributed by atoms with Crippen LogP contribution in [0.5, 0.6) is 0 Å². The van der Waals surface area contributed by atoms with Crippen LogP contribution in [-0.4, -0.2) is 11.1 Å². The molecule has 0 amide bonds. The van der Waals surface area contributed by atoms with Crippen LogP contribution in [0.4, 0.5) is 0 Å². The number of unbranched alkanes of at least 4 members (excludes halogenated alkanes) is 3. The summed E-state index contributed by atoms with van der Waals surface area (Å²) in [5.74, 6) is -0.756. The fraction of sp³-hybridized carbons (Fsp3) is 0.769. The number of aliphatic carboxylic acids is 1. The molecule has 0 bridgehead atoms. The number of carbonyl (C=O) groups is 1. The highest BCUT2D eigenvalue weighted by Gasteiger charge is 2.08.